The van der Waals surface area contributed by atoms with Gasteiger partial charge in [-0.2, -0.15) is 0 Å². The number of hydrogen-bond donors (Lipinski definition) is 0. The Morgan fingerprint density at radius 1 is 1.00 bits per heavy atom. The number of hydrogen-bond acceptors (Lipinski definition) is 2. The molecule has 1 aromatic carbocycles. The van der Waals surface area contributed by atoms with Gasteiger partial charge in [-0.3, -0.25) is 0 Å². The third kappa shape index (κ3) is 1.80. The molecular formula is C17H20O2. The van der Waals surface area contributed by atoms with Crippen molar-refractivity contribution in [3.8, 4) is 0 Å². The van der Waals surface area contributed by atoms with Crippen LogP contribution in [-0.2, 0) is 4.74 Å². The summed E-state index contributed by atoms with van der Waals surface area (Å²) in [6.07, 6.45) is 6.79. The highest BCUT2D eigenvalue weighted by molar-refractivity contribution is 5.89. The summed E-state index contributed by atoms with van der Waals surface area (Å²) in [5.41, 5.74) is 0.688. The summed E-state index contributed by atoms with van der Waals surface area (Å²) in [4.78, 5) is 12.1. The molecule has 5 atom stereocenters. The van der Waals surface area contributed by atoms with Crippen molar-refractivity contribution < 1.29 is 9.53 Å². The van der Waals surface area contributed by atoms with Gasteiger partial charge in [-0.1, -0.05) is 24.6 Å². The lowest BCUT2D eigenvalue weighted by Crippen LogP contribution is -2.32. The Labute approximate surface area is 114 Å². The van der Waals surface area contributed by atoms with Crippen molar-refractivity contribution in [2.45, 2.75) is 38.2 Å². The average Bonchev–Trinajstić information content (AvgIpc) is 3.11. The Morgan fingerprint density at radius 2 is 1.79 bits per heavy atom. The summed E-state index contributed by atoms with van der Waals surface area (Å²) in [7, 11) is 0. The first-order chi connectivity index (χ1) is 9.33. The quantitative estimate of drug-likeness (QED) is 0.755. The molecule has 3 fully saturated rings. The molecule has 0 N–H and O–H groups in total. The highest BCUT2D eigenvalue weighted by atomic mass is 16.5. The minimum absolute atomic E-state index is 0.132. The summed E-state index contributed by atoms with van der Waals surface area (Å²) in [6, 6.07) is 9.40. The normalized spacial score (nSPS) is 39.3. The number of fused-ring (bicyclic) bond motifs is 5. The molecule has 1 aromatic rings. The maximum atomic E-state index is 12.1. The SMILES string of the molecule is O=C(O[C@H]1C[C@H]2C[C@@H]1[C@@H]1CCC[C@H]21)c1ccccc1. The largest absolute Gasteiger partial charge is 0.458 e. The molecule has 100 valence electrons. The molecule has 0 saturated heterocycles. The summed E-state index contributed by atoms with van der Waals surface area (Å²) in [6.45, 7) is 0. The Balaban J connectivity index is 1.46. The molecule has 2 nitrogen and oxygen atoms in total. The van der Waals surface area contributed by atoms with Crippen LogP contribution in [0.4, 0.5) is 0 Å². The van der Waals surface area contributed by atoms with E-state index in [4.69, 9.17) is 4.74 Å². The molecule has 3 aliphatic rings. The first kappa shape index (κ1) is 11.5. The van der Waals surface area contributed by atoms with Gasteiger partial charge in [0.05, 0.1) is 5.56 Å². The van der Waals surface area contributed by atoms with Gasteiger partial charge in [0, 0.05) is 0 Å². The van der Waals surface area contributed by atoms with E-state index >= 15 is 0 Å². The van der Waals surface area contributed by atoms with Gasteiger partial charge in [0.25, 0.3) is 0 Å². The van der Waals surface area contributed by atoms with Crippen LogP contribution in [0, 0.1) is 23.7 Å². The van der Waals surface area contributed by atoms with Gasteiger partial charge in [-0.15, -0.1) is 0 Å². The molecule has 0 radical (unpaired) electrons. The van der Waals surface area contributed by atoms with Gasteiger partial charge in [0.2, 0.25) is 0 Å². The highest BCUT2D eigenvalue weighted by Gasteiger charge is 2.55. The van der Waals surface area contributed by atoms with E-state index in [1.165, 1.54) is 25.7 Å². The Kier molecular flexibility index (Phi) is 2.64. The van der Waals surface area contributed by atoms with E-state index in [2.05, 4.69) is 0 Å². The Hall–Kier alpha value is -1.31. The van der Waals surface area contributed by atoms with Gasteiger partial charge in [-0.25, -0.2) is 4.79 Å². The minimum atomic E-state index is -0.132. The van der Waals surface area contributed by atoms with E-state index in [9.17, 15) is 4.79 Å². The third-order valence-corrected chi connectivity index (χ3v) is 5.64. The standard InChI is InChI=1S/C17H20O2/c18-17(11-5-2-1-3-6-11)19-16-10-12-9-15(16)14-8-4-7-13(12)14/h1-3,5-6,12-16H,4,7-10H2/t12-,13-,14-,15-,16+/m1/s1. The zero-order chi connectivity index (χ0) is 12.8. The molecular weight excluding hydrogens is 236 g/mol. The second kappa shape index (κ2) is 4.36. The predicted molar refractivity (Wildman–Crippen MR) is 72.7 cm³/mol. The van der Waals surface area contributed by atoms with Crippen molar-refractivity contribution in [1.82, 2.24) is 0 Å². The second-order valence-electron chi connectivity index (χ2n) is 6.46. The van der Waals surface area contributed by atoms with Crippen molar-refractivity contribution in [1.29, 1.82) is 0 Å². The molecule has 0 aliphatic heterocycles. The first-order valence-corrected chi connectivity index (χ1v) is 7.59. The number of benzene rings is 1. The minimum Gasteiger partial charge on any atom is -0.458 e. The maximum Gasteiger partial charge on any atom is 0.338 e. The first-order valence-electron chi connectivity index (χ1n) is 7.59. The zero-order valence-electron chi connectivity index (χ0n) is 11.1. The van der Waals surface area contributed by atoms with Crippen LogP contribution in [0.15, 0.2) is 30.3 Å². The number of carbonyl (C=O) groups is 1. The average molecular weight is 256 g/mol. The molecule has 3 saturated carbocycles. The van der Waals surface area contributed by atoms with Crippen LogP contribution >= 0.6 is 0 Å². The smallest absolute Gasteiger partial charge is 0.338 e. The summed E-state index contributed by atoms with van der Waals surface area (Å²) < 4.78 is 5.80. The van der Waals surface area contributed by atoms with E-state index in [0.29, 0.717) is 11.5 Å². The second-order valence-corrected chi connectivity index (χ2v) is 6.46. The molecule has 0 unspecified atom stereocenters. The van der Waals surface area contributed by atoms with Gasteiger partial charge in [-0.05, 0) is 61.5 Å². The van der Waals surface area contributed by atoms with E-state index < -0.39 is 0 Å². The Morgan fingerprint density at radius 3 is 2.63 bits per heavy atom. The van der Waals surface area contributed by atoms with Crippen molar-refractivity contribution in [2.24, 2.45) is 23.7 Å². The Bertz CT molecular complexity index is 481. The van der Waals surface area contributed by atoms with Crippen molar-refractivity contribution >= 4 is 5.97 Å². The third-order valence-electron chi connectivity index (χ3n) is 5.64. The van der Waals surface area contributed by atoms with Crippen LogP contribution in [0.5, 0.6) is 0 Å². The molecule has 2 bridgehead atoms. The predicted octanol–water partition coefficient (Wildman–Crippen LogP) is 3.67. The topological polar surface area (TPSA) is 26.3 Å². The van der Waals surface area contributed by atoms with Crippen LogP contribution in [0.2, 0.25) is 0 Å². The van der Waals surface area contributed by atoms with Crippen LogP contribution in [-0.4, -0.2) is 12.1 Å². The fraction of sp³-hybridized carbons (Fsp3) is 0.588. The number of esters is 1. The lowest BCUT2D eigenvalue weighted by atomic mass is 9.80. The molecule has 0 amide bonds. The van der Waals surface area contributed by atoms with Gasteiger partial charge < -0.3 is 4.74 Å². The van der Waals surface area contributed by atoms with Crippen LogP contribution in [0.3, 0.4) is 0 Å². The summed E-state index contributed by atoms with van der Waals surface area (Å²) in [5.74, 6) is 3.17. The van der Waals surface area contributed by atoms with E-state index in [1.54, 1.807) is 0 Å². The van der Waals surface area contributed by atoms with Crippen molar-refractivity contribution in [2.75, 3.05) is 0 Å². The lowest BCUT2D eigenvalue weighted by molar-refractivity contribution is 0.00143. The van der Waals surface area contributed by atoms with Gasteiger partial charge in [0.15, 0.2) is 0 Å². The molecule has 0 spiro atoms. The van der Waals surface area contributed by atoms with E-state index in [0.717, 1.165) is 24.2 Å². The highest BCUT2D eigenvalue weighted by Crippen LogP contribution is 2.59. The fourth-order valence-corrected chi connectivity index (χ4v) is 4.92. The molecule has 0 heterocycles. The summed E-state index contributed by atoms with van der Waals surface area (Å²) in [5, 5.41) is 0. The van der Waals surface area contributed by atoms with E-state index in [1.807, 2.05) is 30.3 Å². The van der Waals surface area contributed by atoms with E-state index in [-0.39, 0.29) is 12.1 Å². The van der Waals surface area contributed by atoms with Gasteiger partial charge >= 0.3 is 5.97 Å². The lowest BCUT2D eigenvalue weighted by Gasteiger charge is -2.31. The van der Waals surface area contributed by atoms with Crippen LogP contribution in [0.25, 0.3) is 0 Å². The van der Waals surface area contributed by atoms with Crippen LogP contribution < -0.4 is 0 Å². The van der Waals surface area contributed by atoms with Gasteiger partial charge in [0.1, 0.15) is 6.10 Å². The number of rotatable bonds is 2. The van der Waals surface area contributed by atoms with Crippen LogP contribution in [0.1, 0.15) is 42.5 Å². The molecule has 4 rings (SSSR count). The van der Waals surface area contributed by atoms with Crippen molar-refractivity contribution in [3.63, 3.8) is 0 Å². The number of carbonyl (C=O) groups excluding carboxylic acids is 1. The number of ether oxygens (including phenoxy) is 1. The van der Waals surface area contributed by atoms with Crippen molar-refractivity contribution in [3.05, 3.63) is 35.9 Å². The fourth-order valence-electron chi connectivity index (χ4n) is 4.92. The summed E-state index contributed by atoms with van der Waals surface area (Å²) >= 11 is 0. The zero-order valence-corrected chi connectivity index (χ0v) is 11.1. The molecule has 0 aromatic heterocycles. The monoisotopic (exact) mass is 256 g/mol. The maximum absolute atomic E-state index is 12.1. The molecule has 3 aliphatic carbocycles. The molecule has 2 heteroatoms. The molecule has 19 heavy (non-hydrogen) atoms.